The first-order valence-corrected chi connectivity index (χ1v) is 10.1. The number of rotatable bonds is 5. The van der Waals surface area contributed by atoms with Gasteiger partial charge in [-0.2, -0.15) is 4.98 Å². The van der Waals surface area contributed by atoms with Crippen LogP contribution < -0.4 is 5.32 Å². The largest absolute Gasteiger partial charge is 0.477 e. The molecule has 6 rings (SSSR count). The third-order valence-electron chi connectivity index (χ3n) is 6.70. The summed E-state index contributed by atoms with van der Waals surface area (Å²) >= 11 is 6.07. The Labute approximate surface area is 166 Å². The van der Waals surface area contributed by atoms with Gasteiger partial charge in [0.05, 0.1) is 12.5 Å². The molecule has 2 unspecified atom stereocenters. The lowest BCUT2D eigenvalue weighted by atomic mass is 9.61. The highest BCUT2D eigenvalue weighted by Gasteiger charge is 2.63. The minimum absolute atomic E-state index is 0.0108. The lowest BCUT2D eigenvalue weighted by molar-refractivity contribution is -0.155. The highest BCUT2D eigenvalue weighted by Crippen LogP contribution is 2.64. The van der Waals surface area contributed by atoms with Crippen molar-refractivity contribution in [3.05, 3.63) is 23.1 Å². The van der Waals surface area contributed by atoms with Crippen LogP contribution in [0, 0.1) is 29.6 Å². The molecule has 6 atom stereocenters. The van der Waals surface area contributed by atoms with Gasteiger partial charge < -0.3 is 15.2 Å². The first-order chi connectivity index (χ1) is 13.5. The smallest absolute Gasteiger partial charge is 0.354 e. The van der Waals surface area contributed by atoms with Crippen molar-refractivity contribution in [1.82, 2.24) is 14.6 Å². The number of carbonyl (C=O) groups excluding carboxylic acids is 1. The Bertz CT molecular complexity index is 976. The number of nitrogens with one attached hydrogen (secondary N) is 1. The zero-order valence-electron chi connectivity index (χ0n) is 15.3. The molecule has 2 bridgehead atoms. The molecule has 4 aliphatic rings. The number of hydrogen-bond acceptors (Lipinski definition) is 6. The molecule has 4 fully saturated rings. The Morgan fingerprint density at radius 2 is 2.04 bits per heavy atom. The number of nitrogens with zero attached hydrogens (tertiary/aromatic N) is 3. The van der Waals surface area contributed by atoms with Crippen molar-refractivity contribution in [3.8, 4) is 0 Å². The van der Waals surface area contributed by atoms with Crippen molar-refractivity contribution in [2.24, 2.45) is 29.6 Å². The molecular weight excluding hydrogens is 384 g/mol. The fourth-order valence-corrected chi connectivity index (χ4v) is 5.77. The summed E-state index contributed by atoms with van der Waals surface area (Å²) in [7, 11) is 0. The van der Waals surface area contributed by atoms with Crippen molar-refractivity contribution in [1.29, 1.82) is 0 Å². The minimum Gasteiger partial charge on any atom is -0.477 e. The van der Waals surface area contributed by atoms with Crippen LogP contribution >= 0.6 is 11.6 Å². The number of fused-ring (bicyclic) bond motifs is 3. The van der Waals surface area contributed by atoms with Gasteiger partial charge in [-0.25, -0.2) is 9.31 Å². The van der Waals surface area contributed by atoms with Crippen LogP contribution in [-0.4, -0.2) is 44.3 Å². The molecular formula is C19H21ClN4O4. The SMILES string of the molecule is CCOC(=O)[C@@H]1[C@@H](Nc2nc(Cl)nn3c(C(=O)O)ccc23)[C@@H]2CC[C@H]1C1CC12. The molecule has 0 aromatic carbocycles. The van der Waals surface area contributed by atoms with E-state index in [9.17, 15) is 14.7 Å². The minimum atomic E-state index is -1.09. The maximum Gasteiger partial charge on any atom is 0.354 e. The molecule has 2 aromatic rings. The Kier molecular flexibility index (Phi) is 4.01. The molecule has 4 aliphatic carbocycles. The van der Waals surface area contributed by atoms with Crippen LogP contribution in [0.25, 0.3) is 5.52 Å². The molecule has 0 saturated heterocycles. The monoisotopic (exact) mass is 404 g/mol. The van der Waals surface area contributed by atoms with Crippen LogP contribution in [0.2, 0.25) is 5.28 Å². The molecule has 2 heterocycles. The number of anilines is 1. The first-order valence-electron chi connectivity index (χ1n) is 9.71. The number of aromatic nitrogens is 3. The second-order valence-electron chi connectivity index (χ2n) is 7.97. The Balaban J connectivity index is 1.54. The summed E-state index contributed by atoms with van der Waals surface area (Å²) in [6.45, 7) is 2.18. The number of hydrogen-bond donors (Lipinski definition) is 2. The van der Waals surface area contributed by atoms with Crippen molar-refractivity contribution >= 4 is 34.9 Å². The number of aromatic carboxylic acids is 1. The molecule has 28 heavy (non-hydrogen) atoms. The lowest BCUT2D eigenvalue weighted by Crippen LogP contribution is -2.53. The average Bonchev–Trinajstić information content (AvgIpc) is 3.36. The van der Waals surface area contributed by atoms with Crippen molar-refractivity contribution in [2.45, 2.75) is 32.2 Å². The second kappa shape index (κ2) is 6.34. The summed E-state index contributed by atoms with van der Waals surface area (Å²) in [4.78, 5) is 28.5. The van der Waals surface area contributed by atoms with Gasteiger partial charge in [-0.1, -0.05) is 0 Å². The van der Waals surface area contributed by atoms with Crippen LogP contribution in [0.15, 0.2) is 12.1 Å². The van der Waals surface area contributed by atoms with Gasteiger partial charge in [0.1, 0.15) is 5.52 Å². The van der Waals surface area contributed by atoms with E-state index in [1.165, 1.54) is 17.0 Å². The summed E-state index contributed by atoms with van der Waals surface area (Å²) in [5.41, 5.74) is 0.537. The Hall–Kier alpha value is -2.35. The third kappa shape index (κ3) is 2.57. The molecule has 0 amide bonds. The van der Waals surface area contributed by atoms with E-state index in [4.69, 9.17) is 16.3 Å². The summed E-state index contributed by atoms with van der Waals surface area (Å²) < 4.78 is 6.67. The van der Waals surface area contributed by atoms with E-state index in [1.807, 2.05) is 6.92 Å². The molecule has 2 N–H and O–H groups in total. The Morgan fingerprint density at radius 1 is 1.29 bits per heavy atom. The molecule has 4 saturated carbocycles. The van der Waals surface area contributed by atoms with Gasteiger partial charge in [-0.05, 0) is 73.6 Å². The van der Waals surface area contributed by atoms with Crippen molar-refractivity contribution < 1.29 is 19.4 Å². The van der Waals surface area contributed by atoms with Gasteiger partial charge in [0.15, 0.2) is 11.5 Å². The number of carboxylic acid groups (broad SMARTS) is 1. The summed E-state index contributed by atoms with van der Waals surface area (Å²) in [6.07, 6.45) is 3.31. The van der Waals surface area contributed by atoms with E-state index in [0.29, 0.717) is 41.6 Å². The van der Waals surface area contributed by atoms with Crippen molar-refractivity contribution in [3.63, 3.8) is 0 Å². The van der Waals surface area contributed by atoms with E-state index in [0.717, 1.165) is 12.8 Å². The lowest BCUT2D eigenvalue weighted by Gasteiger charge is -2.47. The summed E-state index contributed by atoms with van der Waals surface area (Å²) in [5.74, 6) is 0.985. The van der Waals surface area contributed by atoms with E-state index in [1.54, 1.807) is 6.07 Å². The number of carbonyl (C=O) groups is 2. The fraction of sp³-hybridized carbons (Fsp3) is 0.579. The van der Waals surface area contributed by atoms with E-state index in [-0.39, 0.29) is 28.9 Å². The predicted octanol–water partition coefficient (Wildman–Crippen LogP) is 2.72. The zero-order valence-corrected chi connectivity index (χ0v) is 16.1. The fourth-order valence-electron chi connectivity index (χ4n) is 5.61. The maximum atomic E-state index is 12.8. The van der Waals surface area contributed by atoms with E-state index < -0.39 is 5.97 Å². The first kappa shape index (κ1) is 17.7. The molecule has 148 valence electrons. The standard InChI is InChI=1S/C19H21ClN4O4/c1-2-28-18(27)14-8-3-4-9(11-7-10(8)11)15(14)21-16-12-5-6-13(17(25)26)24(12)23-19(20)22-16/h5-6,8-11,14-15H,2-4,7H2,1H3,(H,25,26)(H,21,22,23)/t8-,9+,10?,11?,14-,15-/m0/s1. The van der Waals surface area contributed by atoms with Gasteiger partial charge >= 0.3 is 11.9 Å². The van der Waals surface area contributed by atoms with Gasteiger partial charge in [-0.15, -0.1) is 5.10 Å². The van der Waals surface area contributed by atoms with E-state index in [2.05, 4.69) is 15.4 Å². The average molecular weight is 405 g/mol. The van der Waals surface area contributed by atoms with Crippen LogP contribution in [0.3, 0.4) is 0 Å². The van der Waals surface area contributed by atoms with Gasteiger partial charge in [0.2, 0.25) is 5.28 Å². The summed E-state index contributed by atoms with van der Waals surface area (Å²) in [5, 5.41) is 16.8. The molecule has 0 radical (unpaired) electrons. The van der Waals surface area contributed by atoms with Crippen LogP contribution in [0.1, 0.15) is 36.7 Å². The molecule has 9 heteroatoms. The van der Waals surface area contributed by atoms with Gasteiger partial charge in [0.25, 0.3) is 0 Å². The molecule has 0 aliphatic heterocycles. The van der Waals surface area contributed by atoms with Gasteiger partial charge in [0, 0.05) is 6.04 Å². The second-order valence-corrected chi connectivity index (χ2v) is 8.30. The number of halogens is 1. The van der Waals surface area contributed by atoms with Crippen LogP contribution in [0.4, 0.5) is 5.82 Å². The molecule has 2 aromatic heterocycles. The number of ether oxygens (including phenoxy) is 1. The quantitative estimate of drug-likeness (QED) is 0.738. The highest BCUT2D eigenvalue weighted by atomic mass is 35.5. The van der Waals surface area contributed by atoms with E-state index >= 15 is 0 Å². The van der Waals surface area contributed by atoms with Gasteiger partial charge in [-0.3, -0.25) is 4.79 Å². The number of esters is 1. The molecule has 0 spiro atoms. The normalized spacial score (nSPS) is 32.8. The van der Waals surface area contributed by atoms with Crippen molar-refractivity contribution in [2.75, 3.05) is 11.9 Å². The number of carboxylic acids is 1. The highest BCUT2D eigenvalue weighted by molar-refractivity contribution is 6.28. The maximum absolute atomic E-state index is 12.8. The van der Waals surface area contributed by atoms with Crippen LogP contribution in [-0.2, 0) is 9.53 Å². The third-order valence-corrected chi connectivity index (χ3v) is 6.86. The summed E-state index contributed by atoms with van der Waals surface area (Å²) in [6, 6.07) is 3.03. The zero-order chi connectivity index (χ0) is 19.6. The topological polar surface area (TPSA) is 106 Å². The predicted molar refractivity (Wildman–Crippen MR) is 100 cm³/mol. The Morgan fingerprint density at radius 3 is 2.79 bits per heavy atom. The molecule has 8 nitrogen and oxygen atoms in total. The van der Waals surface area contributed by atoms with Crippen LogP contribution in [0.5, 0.6) is 0 Å².